The Morgan fingerprint density at radius 1 is 1.50 bits per heavy atom. The van der Waals surface area contributed by atoms with Crippen molar-refractivity contribution in [2.45, 2.75) is 24.8 Å². The van der Waals surface area contributed by atoms with Crippen molar-refractivity contribution in [2.24, 2.45) is 5.73 Å². The number of rotatable bonds is 2. The van der Waals surface area contributed by atoms with Crippen molar-refractivity contribution in [3.63, 3.8) is 0 Å². The maximum atomic E-state index is 10.9. The summed E-state index contributed by atoms with van der Waals surface area (Å²) in [7, 11) is 3.81. The van der Waals surface area contributed by atoms with Gasteiger partial charge in [0.2, 0.25) is 5.91 Å². The van der Waals surface area contributed by atoms with Crippen LogP contribution in [0.15, 0.2) is 0 Å². The molecule has 1 saturated carbocycles. The maximum absolute atomic E-state index is 10.9. The second-order valence-corrected chi connectivity index (χ2v) is 3.14. The molecule has 0 aromatic carbocycles. The molecule has 1 amide bonds. The van der Waals surface area contributed by atoms with E-state index in [1.54, 1.807) is 0 Å². The van der Waals surface area contributed by atoms with Crippen molar-refractivity contribution in [3.05, 3.63) is 0 Å². The number of likely N-dealkylation sites (N-methyl/N-ethyl adjacent to an activating group) is 1. The van der Waals surface area contributed by atoms with E-state index in [-0.39, 0.29) is 11.4 Å². The first-order chi connectivity index (χ1) is 4.59. The Balaban J connectivity index is 2.68. The summed E-state index contributed by atoms with van der Waals surface area (Å²) >= 11 is 0. The number of primary amides is 1. The van der Waals surface area contributed by atoms with Crippen LogP contribution in [-0.4, -0.2) is 30.4 Å². The van der Waals surface area contributed by atoms with Crippen LogP contribution in [0.1, 0.15) is 19.3 Å². The Morgan fingerprint density at radius 2 is 2.00 bits per heavy atom. The van der Waals surface area contributed by atoms with Crippen molar-refractivity contribution in [3.8, 4) is 0 Å². The average molecular weight is 142 g/mol. The summed E-state index contributed by atoms with van der Waals surface area (Å²) in [6.45, 7) is 0. The molecule has 0 aromatic heterocycles. The molecule has 0 spiro atoms. The Kier molecular flexibility index (Phi) is 1.68. The van der Waals surface area contributed by atoms with Crippen LogP contribution in [0.2, 0.25) is 0 Å². The second kappa shape index (κ2) is 2.23. The van der Waals surface area contributed by atoms with Crippen LogP contribution in [0.4, 0.5) is 0 Å². The van der Waals surface area contributed by atoms with Crippen LogP contribution in [0.5, 0.6) is 0 Å². The molecule has 0 atom stereocenters. The first kappa shape index (κ1) is 7.54. The van der Waals surface area contributed by atoms with Crippen molar-refractivity contribution >= 4 is 5.91 Å². The van der Waals surface area contributed by atoms with Crippen LogP contribution in [0.25, 0.3) is 0 Å². The van der Waals surface area contributed by atoms with E-state index >= 15 is 0 Å². The van der Waals surface area contributed by atoms with Gasteiger partial charge in [-0.15, -0.1) is 0 Å². The number of carbonyl (C=O) groups is 1. The predicted octanol–water partition coefficient (Wildman–Crippen LogP) is -0.0440. The number of amides is 1. The first-order valence-corrected chi connectivity index (χ1v) is 3.57. The van der Waals surface area contributed by atoms with Gasteiger partial charge in [-0.05, 0) is 33.4 Å². The van der Waals surface area contributed by atoms with Gasteiger partial charge in [0.05, 0.1) is 5.54 Å². The number of nitrogens with zero attached hydrogens (tertiary/aromatic N) is 1. The van der Waals surface area contributed by atoms with Gasteiger partial charge in [-0.25, -0.2) is 0 Å². The lowest BCUT2D eigenvalue weighted by Crippen LogP contribution is -2.59. The van der Waals surface area contributed by atoms with Gasteiger partial charge in [0, 0.05) is 0 Å². The lowest BCUT2D eigenvalue weighted by Gasteiger charge is -2.44. The van der Waals surface area contributed by atoms with Crippen molar-refractivity contribution in [1.82, 2.24) is 4.90 Å². The summed E-state index contributed by atoms with van der Waals surface area (Å²) in [5.74, 6) is -0.177. The van der Waals surface area contributed by atoms with Crippen molar-refractivity contribution in [2.75, 3.05) is 14.1 Å². The molecule has 0 heterocycles. The number of hydrogen-bond donors (Lipinski definition) is 1. The van der Waals surface area contributed by atoms with E-state index in [1.807, 2.05) is 19.0 Å². The molecular weight excluding hydrogens is 128 g/mol. The molecule has 3 nitrogen and oxygen atoms in total. The predicted molar refractivity (Wildman–Crippen MR) is 39.5 cm³/mol. The Bertz CT molecular complexity index is 150. The van der Waals surface area contributed by atoms with E-state index in [4.69, 9.17) is 5.73 Å². The third-order valence-electron chi connectivity index (χ3n) is 2.50. The number of carbonyl (C=O) groups excluding carboxylic acids is 1. The van der Waals surface area contributed by atoms with E-state index in [1.165, 1.54) is 0 Å². The molecule has 1 rings (SSSR count). The Labute approximate surface area is 61.2 Å². The quantitative estimate of drug-likeness (QED) is 0.588. The van der Waals surface area contributed by atoms with E-state index in [2.05, 4.69) is 0 Å². The summed E-state index contributed by atoms with van der Waals surface area (Å²) in [5, 5.41) is 0. The van der Waals surface area contributed by atoms with E-state index in [0.29, 0.717) is 0 Å². The van der Waals surface area contributed by atoms with E-state index in [0.717, 1.165) is 19.3 Å². The molecule has 3 heteroatoms. The zero-order valence-corrected chi connectivity index (χ0v) is 6.55. The summed E-state index contributed by atoms with van der Waals surface area (Å²) < 4.78 is 0. The highest BCUT2D eigenvalue weighted by Gasteiger charge is 2.44. The Hall–Kier alpha value is -0.570. The summed E-state index contributed by atoms with van der Waals surface area (Å²) in [6, 6.07) is 0. The summed E-state index contributed by atoms with van der Waals surface area (Å²) in [5.41, 5.74) is 4.95. The molecule has 0 unspecified atom stereocenters. The number of nitrogens with two attached hydrogens (primary N) is 1. The molecule has 0 radical (unpaired) electrons. The van der Waals surface area contributed by atoms with E-state index in [9.17, 15) is 4.79 Å². The molecule has 0 aromatic rings. The zero-order chi connectivity index (χ0) is 7.78. The van der Waals surface area contributed by atoms with Crippen LogP contribution >= 0.6 is 0 Å². The smallest absolute Gasteiger partial charge is 0.237 e. The van der Waals surface area contributed by atoms with Gasteiger partial charge in [-0.1, -0.05) is 0 Å². The molecule has 58 valence electrons. The number of hydrogen-bond acceptors (Lipinski definition) is 2. The SMILES string of the molecule is CN(C)C1(C(N)=O)CCC1. The minimum absolute atomic E-state index is 0.177. The standard InChI is InChI=1S/C7H14N2O/c1-9(2)7(6(8)10)4-3-5-7/h3-5H2,1-2H3,(H2,8,10). The first-order valence-electron chi connectivity index (χ1n) is 3.57. The van der Waals surface area contributed by atoms with Crippen LogP contribution in [0.3, 0.4) is 0 Å². The molecular formula is C7H14N2O. The van der Waals surface area contributed by atoms with Gasteiger partial charge in [0.1, 0.15) is 0 Å². The molecule has 1 aliphatic carbocycles. The monoisotopic (exact) mass is 142 g/mol. The highest BCUT2D eigenvalue weighted by atomic mass is 16.1. The van der Waals surface area contributed by atoms with Gasteiger partial charge in [-0.2, -0.15) is 0 Å². The van der Waals surface area contributed by atoms with Crippen molar-refractivity contribution in [1.29, 1.82) is 0 Å². The largest absolute Gasteiger partial charge is 0.368 e. The molecule has 0 saturated heterocycles. The normalized spacial score (nSPS) is 22.3. The third kappa shape index (κ3) is 0.814. The molecule has 2 N–H and O–H groups in total. The van der Waals surface area contributed by atoms with Gasteiger partial charge in [0.25, 0.3) is 0 Å². The van der Waals surface area contributed by atoms with Crippen LogP contribution in [0, 0.1) is 0 Å². The zero-order valence-electron chi connectivity index (χ0n) is 6.55. The molecule has 0 bridgehead atoms. The molecule has 1 fully saturated rings. The molecule has 0 aliphatic heterocycles. The minimum atomic E-state index is -0.306. The Morgan fingerprint density at radius 3 is 2.00 bits per heavy atom. The fourth-order valence-electron chi connectivity index (χ4n) is 1.43. The van der Waals surface area contributed by atoms with Crippen LogP contribution < -0.4 is 5.73 Å². The van der Waals surface area contributed by atoms with Gasteiger partial charge >= 0.3 is 0 Å². The second-order valence-electron chi connectivity index (χ2n) is 3.14. The van der Waals surface area contributed by atoms with Crippen LogP contribution in [-0.2, 0) is 4.79 Å². The maximum Gasteiger partial charge on any atom is 0.237 e. The lowest BCUT2D eigenvalue weighted by atomic mass is 9.75. The average Bonchev–Trinajstić information content (AvgIpc) is 1.57. The van der Waals surface area contributed by atoms with Gasteiger partial charge in [0.15, 0.2) is 0 Å². The highest BCUT2D eigenvalue weighted by molar-refractivity contribution is 5.85. The minimum Gasteiger partial charge on any atom is -0.368 e. The fourth-order valence-corrected chi connectivity index (χ4v) is 1.43. The topological polar surface area (TPSA) is 46.3 Å². The lowest BCUT2D eigenvalue weighted by molar-refractivity contribution is -0.133. The van der Waals surface area contributed by atoms with Gasteiger partial charge in [-0.3, -0.25) is 9.69 Å². The molecule has 10 heavy (non-hydrogen) atoms. The van der Waals surface area contributed by atoms with Gasteiger partial charge < -0.3 is 5.73 Å². The highest BCUT2D eigenvalue weighted by Crippen LogP contribution is 2.35. The third-order valence-corrected chi connectivity index (χ3v) is 2.50. The summed E-state index contributed by atoms with van der Waals surface area (Å²) in [4.78, 5) is 12.9. The van der Waals surface area contributed by atoms with E-state index < -0.39 is 0 Å². The molecule has 1 aliphatic rings. The fraction of sp³-hybridized carbons (Fsp3) is 0.857. The van der Waals surface area contributed by atoms with Crippen molar-refractivity contribution < 1.29 is 4.79 Å². The summed E-state index contributed by atoms with van der Waals surface area (Å²) in [6.07, 6.45) is 2.98.